The highest BCUT2D eigenvalue weighted by atomic mass is 79.9. The number of aromatic nitrogens is 2. The fraction of sp³-hybridized carbons (Fsp3) is 0.462. The van der Waals surface area contributed by atoms with Gasteiger partial charge < -0.3 is 0 Å². The molecule has 0 saturated carbocycles. The third-order valence-corrected chi connectivity index (χ3v) is 3.11. The summed E-state index contributed by atoms with van der Waals surface area (Å²) in [5.74, 6) is 0. The van der Waals surface area contributed by atoms with Gasteiger partial charge in [0.1, 0.15) is 0 Å². The van der Waals surface area contributed by atoms with Crippen LogP contribution in [0.4, 0.5) is 0 Å². The van der Waals surface area contributed by atoms with Gasteiger partial charge in [-0.2, -0.15) is 5.10 Å². The molecule has 0 spiro atoms. The molecule has 1 heterocycles. The largest absolute Gasteiger partial charge is 0.299 e. The van der Waals surface area contributed by atoms with Gasteiger partial charge in [0, 0.05) is 30.4 Å². The summed E-state index contributed by atoms with van der Waals surface area (Å²) < 4.78 is 1.95. The molecule has 1 aromatic carbocycles. The fourth-order valence-corrected chi connectivity index (χ4v) is 2.65. The van der Waals surface area contributed by atoms with Gasteiger partial charge in [-0.05, 0) is 13.1 Å². The Morgan fingerprint density at radius 2 is 2.12 bits per heavy atom. The van der Waals surface area contributed by atoms with Crippen molar-refractivity contribution in [2.45, 2.75) is 18.3 Å². The quantitative estimate of drug-likeness (QED) is 0.809. The molecule has 0 fully saturated rings. The zero-order valence-electron chi connectivity index (χ0n) is 10.5. The summed E-state index contributed by atoms with van der Waals surface area (Å²) in [7, 11) is 4.13. The molecule has 0 aliphatic rings. The first kappa shape index (κ1) is 12.6. The Balaban J connectivity index is 2.24. The summed E-state index contributed by atoms with van der Waals surface area (Å²) in [5.41, 5.74) is 2.35. The number of alkyl halides is 1. The van der Waals surface area contributed by atoms with E-state index >= 15 is 0 Å². The van der Waals surface area contributed by atoms with Crippen LogP contribution < -0.4 is 0 Å². The van der Waals surface area contributed by atoms with E-state index in [1.54, 1.807) is 0 Å². The zero-order chi connectivity index (χ0) is 12.4. The molecule has 2 rings (SSSR count). The van der Waals surface area contributed by atoms with Crippen LogP contribution in [0.3, 0.4) is 0 Å². The Bertz CT molecular complexity index is 504. The molecule has 0 aliphatic carbocycles. The minimum Gasteiger partial charge on any atom is -0.299 e. The topological polar surface area (TPSA) is 21.1 Å². The Kier molecular flexibility index (Phi) is 3.84. The highest BCUT2D eigenvalue weighted by molar-refractivity contribution is 9.09. The first-order valence-corrected chi connectivity index (χ1v) is 6.72. The van der Waals surface area contributed by atoms with E-state index in [4.69, 9.17) is 0 Å². The first-order chi connectivity index (χ1) is 8.08. The van der Waals surface area contributed by atoms with Crippen molar-refractivity contribution in [1.29, 1.82) is 0 Å². The third kappa shape index (κ3) is 2.87. The lowest BCUT2D eigenvalue weighted by atomic mass is 10.2. The van der Waals surface area contributed by atoms with Gasteiger partial charge in [0.15, 0.2) is 0 Å². The summed E-state index contributed by atoms with van der Waals surface area (Å²) in [4.78, 5) is 2.79. The predicted molar refractivity (Wildman–Crippen MR) is 75.4 cm³/mol. The maximum atomic E-state index is 4.60. The molecule has 0 bridgehead atoms. The van der Waals surface area contributed by atoms with Gasteiger partial charge in [0.25, 0.3) is 0 Å². The third-order valence-electron chi connectivity index (χ3n) is 2.82. The van der Waals surface area contributed by atoms with E-state index < -0.39 is 0 Å². The van der Waals surface area contributed by atoms with Crippen molar-refractivity contribution in [1.82, 2.24) is 14.7 Å². The smallest absolute Gasteiger partial charge is 0.0843 e. The van der Waals surface area contributed by atoms with E-state index in [0.717, 1.165) is 18.8 Å². The molecule has 2 aromatic rings. The van der Waals surface area contributed by atoms with Crippen LogP contribution in [0.5, 0.6) is 0 Å². The SMILES string of the molecule is CC(Br)CN(C)Cc1nn(C)c2ccccc12. The molecule has 3 nitrogen and oxygen atoms in total. The number of para-hydroxylation sites is 1. The Hall–Kier alpha value is -0.870. The van der Waals surface area contributed by atoms with Crippen molar-refractivity contribution >= 4 is 26.8 Å². The van der Waals surface area contributed by atoms with Crippen LogP contribution in [-0.4, -0.2) is 33.1 Å². The molecule has 1 unspecified atom stereocenters. The van der Waals surface area contributed by atoms with Gasteiger partial charge in [-0.15, -0.1) is 0 Å². The summed E-state index contributed by atoms with van der Waals surface area (Å²) in [6.07, 6.45) is 0. The van der Waals surface area contributed by atoms with Gasteiger partial charge in [-0.3, -0.25) is 9.58 Å². The van der Waals surface area contributed by atoms with E-state index in [2.05, 4.69) is 64.2 Å². The number of aryl methyl sites for hydroxylation is 1. The predicted octanol–water partition coefficient (Wildman–Crippen LogP) is 2.79. The highest BCUT2D eigenvalue weighted by Gasteiger charge is 2.11. The molecular formula is C13H18BrN3. The van der Waals surface area contributed by atoms with Crippen molar-refractivity contribution in [2.24, 2.45) is 7.05 Å². The summed E-state index contributed by atoms with van der Waals surface area (Å²) in [5, 5.41) is 5.85. The number of fused-ring (bicyclic) bond motifs is 1. The molecule has 1 atom stereocenters. The maximum Gasteiger partial charge on any atom is 0.0843 e. The van der Waals surface area contributed by atoms with Gasteiger partial charge >= 0.3 is 0 Å². The van der Waals surface area contributed by atoms with E-state index in [-0.39, 0.29) is 0 Å². The molecule has 0 saturated heterocycles. The fourth-order valence-electron chi connectivity index (χ4n) is 2.16. The van der Waals surface area contributed by atoms with Gasteiger partial charge in [-0.1, -0.05) is 41.1 Å². The molecular weight excluding hydrogens is 278 g/mol. The Labute approximate surface area is 111 Å². The van der Waals surface area contributed by atoms with E-state index in [1.165, 1.54) is 10.9 Å². The Morgan fingerprint density at radius 3 is 2.82 bits per heavy atom. The zero-order valence-corrected chi connectivity index (χ0v) is 12.1. The van der Waals surface area contributed by atoms with Crippen molar-refractivity contribution < 1.29 is 0 Å². The number of hydrogen-bond acceptors (Lipinski definition) is 2. The van der Waals surface area contributed by atoms with Gasteiger partial charge in [-0.25, -0.2) is 0 Å². The van der Waals surface area contributed by atoms with Crippen LogP contribution in [0, 0.1) is 0 Å². The molecule has 0 amide bonds. The van der Waals surface area contributed by atoms with E-state index in [1.807, 2.05) is 11.7 Å². The number of benzene rings is 1. The van der Waals surface area contributed by atoms with Crippen LogP contribution in [0.15, 0.2) is 24.3 Å². The number of hydrogen-bond donors (Lipinski definition) is 0. The number of rotatable bonds is 4. The number of nitrogens with zero attached hydrogens (tertiary/aromatic N) is 3. The minimum absolute atomic E-state index is 0.502. The van der Waals surface area contributed by atoms with Crippen LogP contribution in [-0.2, 0) is 13.6 Å². The average Bonchev–Trinajstić information content (AvgIpc) is 2.55. The molecule has 0 N–H and O–H groups in total. The average molecular weight is 296 g/mol. The lowest BCUT2D eigenvalue weighted by Gasteiger charge is -2.16. The monoisotopic (exact) mass is 295 g/mol. The van der Waals surface area contributed by atoms with Crippen LogP contribution in [0.25, 0.3) is 10.9 Å². The van der Waals surface area contributed by atoms with Crippen molar-refractivity contribution in [3.05, 3.63) is 30.0 Å². The summed E-state index contributed by atoms with van der Waals surface area (Å²) in [6.45, 7) is 4.06. The van der Waals surface area contributed by atoms with Crippen LogP contribution in [0.2, 0.25) is 0 Å². The maximum absolute atomic E-state index is 4.60. The highest BCUT2D eigenvalue weighted by Crippen LogP contribution is 2.18. The molecule has 92 valence electrons. The van der Waals surface area contributed by atoms with Crippen LogP contribution >= 0.6 is 15.9 Å². The van der Waals surface area contributed by atoms with Crippen molar-refractivity contribution in [2.75, 3.05) is 13.6 Å². The second-order valence-electron chi connectivity index (χ2n) is 4.56. The first-order valence-electron chi connectivity index (χ1n) is 5.81. The minimum atomic E-state index is 0.502. The van der Waals surface area contributed by atoms with E-state index in [9.17, 15) is 0 Å². The molecule has 0 radical (unpaired) electrons. The molecule has 4 heteroatoms. The lowest BCUT2D eigenvalue weighted by molar-refractivity contribution is 0.329. The molecule has 1 aromatic heterocycles. The van der Waals surface area contributed by atoms with Gasteiger partial charge in [0.05, 0.1) is 11.2 Å². The van der Waals surface area contributed by atoms with Gasteiger partial charge in [0.2, 0.25) is 0 Å². The molecule has 17 heavy (non-hydrogen) atoms. The molecule has 0 aliphatic heterocycles. The standard InChI is InChI=1S/C13H18BrN3/c1-10(14)8-16(2)9-12-11-6-4-5-7-13(11)17(3)15-12/h4-7,10H,8-9H2,1-3H3. The Morgan fingerprint density at radius 1 is 1.41 bits per heavy atom. The normalized spacial score (nSPS) is 13.5. The van der Waals surface area contributed by atoms with E-state index in [0.29, 0.717) is 4.83 Å². The summed E-state index contributed by atoms with van der Waals surface area (Å²) >= 11 is 3.58. The van der Waals surface area contributed by atoms with Crippen molar-refractivity contribution in [3.63, 3.8) is 0 Å². The lowest BCUT2D eigenvalue weighted by Crippen LogP contribution is -2.24. The van der Waals surface area contributed by atoms with Crippen LogP contribution in [0.1, 0.15) is 12.6 Å². The second kappa shape index (κ2) is 5.19. The summed E-state index contributed by atoms with van der Waals surface area (Å²) in [6, 6.07) is 8.38. The number of halogens is 1. The van der Waals surface area contributed by atoms with Crippen molar-refractivity contribution in [3.8, 4) is 0 Å². The second-order valence-corrected chi connectivity index (χ2v) is 6.13.